The minimum Gasteiger partial charge on any atom is -0.361 e. The Labute approximate surface area is 93.9 Å². The second-order valence-electron chi connectivity index (χ2n) is 3.29. The molecule has 0 bridgehead atoms. The molecule has 0 fully saturated rings. The summed E-state index contributed by atoms with van der Waals surface area (Å²) in [6.45, 7) is 3.77. The van der Waals surface area contributed by atoms with E-state index in [1.165, 1.54) is 0 Å². The fraction of sp³-hybridized carbons (Fsp3) is 0.167. The molecule has 3 heteroatoms. The van der Waals surface area contributed by atoms with Crippen LogP contribution in [0.3, 0.4) is 0 Å². The van der Waals surface area contributed by atoms with Crippen LogP contribution in [0, 0.1) is 6.92 Å². The number of halogens is 1. The number of aromatic nitrogens is 1. The van der Waals surface area contributed by atoms with Crippen molar-refractivity contribution >= 4 is 11.6 Å². The van der Waals surface area contributed by atoms with Gasteiger partial charge in [-0.1, -0.05) is 35.8 Å². The molecule has 2 aromatic rings. The largest absolute Gasteiger partial charge is 0.361 e. The summed E-state index contributed by atoms with van der Waals surface area (Å²) in [5.74, 6) is 0.870. The lowest BCUT2D eigenvalue weighted by Gasteiger charge is -1.94. The number of benzene rings is 1. The normalized spacial score (nSPS) is 10.5. The van der Waals surface area contributed by atoms with Crippen LogP contribution in [0.1, 0.15) is 12.2 Å². The molecule has 0 saturated carbocycles. The highest BCUT2D eigenvalue weighted by Gasteiger charge is 2.05. The summed E-state index contributed by atoms with van der Waals surface area (Å²) in [5.41, 5.74) is 1.86. The van der Waals surface area contributed by atoms with Crippen molar-refractivity contribution in [3.8, 4) is 11.3 Å². The Hall–Kier alpha value is -1.28. The molecule has 0 spiro atoms. The Bertz CT molecular complexity index is 433. The van der Waals surface area contributed by atoms with Gasteiger partial charge in [-0.3, -0.25) is 0 Å². The molecular weight excluding hydrogens is 210 g/mol. The van der Waals surface area contributed by atoms with Crippen LogP contribution in [0.25, 0.3) is 11.3 Å². The monoisotopic (exact) mass is 220 g/mol. The molecule has 2 rings (SSSR count). The molecule has 0 aliphatic carbocycles. The molecule has 0 aliphatic heterocycles. The maximum atomic E-state index is 5.80. The molecule has 1 aromatic heterocycles. The van der Waals surface area contributed by atoms with Crippen molar-refractivity contribution in [2.45, 2.75) is 12.8 Å². The van der Waals surface area contributed by atoms with Gasteiger partial charge in [0.1, 0.15) is 11.5 Å². The smallest absolute Gasteiger partial charge is 0.137 e. The van der Waals surface area contributed by atoms with Crippen LogP contribution >= 0.6 is 11.6 Å². The van der Waals surface area contributed by atoms with Crippen molar-refractivity contribution in [2.75, 3.05) is 0 Å². The lowest BCUT2D eigenvalue weighted by Crippen LogP contribution is -1.76. The van der Waals surface area contributed by atoms with Gasteiger partial charge in [0.05, 0.1) is 0 Å². The van der Waals surface area contributed by atoms with Crippen molar-refractivity contribution < 1.29 is 4.52 Å². The highest BCUT2D eigenvalue weighted by Crippen LogP contribution is 2.21. The van der Waals surface area contributed by atoms with E-state index in [0.29, 0.717) is 0 Å². The Morgan fingerprint density at radius 3 is 2.67 bits per heavy atom. The van der Waals surface area contributed by atoms with E-state index in [1.54, 1.807) is 0 Å². The molecule has 0 aliphatic rings. The topological polar surface area (TPSA) is 26.0 Å². The minimum atomic E-state index is 0.722. The van der Waals surface area contributed by atoms with Crippen molar-refractivity contribution in [3.05, 3.63) is 48.0 Å². The Balaban J connectivity index is 2.25. The van der Waals surface area contributed by atoms with Crippen molar-refractivity contribution in [1.82, 2.24) is 5.16 Å². The van der Waals surface area contributed by atoms with E-state index < -0.39 is 0 Å². The van der Waals surface area contributed by atoms with E-state index in [1.807, 2.05) is 30.3 Å². The van der Waals surface area contributed by atoms with E-state index >= 15 is 0 Å². The highest BCUT2D eigenvalue weighted by atomic mass is 35.5. The molecule has 0 amide bonds. The SMILES string of the molecule is [CH2]CCc1cc(-c2ccc(Cl)cc2)no1. The molecule has 1 radical (unpaired) electrons. The molecule has 0 unspecified atom stereocenters. The van der Waals surface area contributed by atoms with E-state index in [4.69, 9.17) is 16.1 Å². The number of hydrogen-bond donors (Lipinski definition) is 0. The van der Waals surface area contributed by atoms with Gasteiger partial charge in [-0.05, 0) is 18.6 Å². The first-order chi connectivity index (χ1) is 7.29. The maximum absolute atomic E-state index is 5.80. The van der Waals surface area contributed by atoms with Gasteiger partial charge in [-0.2, -0.15) is 0 Å². The van der Waals surface area contributed by atoms with Gasteiger partial charge in [-0.25, -0.2) is 0 Å². The summed E-state index contributed by atoms with van der Waals surface area (Å²) in [6, 6.07) is 9.47. The molecule has 2 nitrogen and oxygen atoms in total. The average molecular weight is 221 g/mol. The van der Waals surface area contributed by atoms with Crippen LogP contribution in [-0.2, 0) is 6.42 Å². The fourth-order valence-electron chi connectivity index (χ4n) is 1.36. The number of rotatable bonds is 3. The summed E-state index contributed by atoms with van der Waals surface area (Å²) in [6.07, 6.45) is 1.63. The van der Waals surface area contributed by atoms with Crippen LogP contribution in [0.5, 0.6) is 0 Å². The zero-order chi connectivity index (χ0) is 10.7. The van der Waals surface area contributed by atoms with Gasteiger partial charge in [0.2, 0.25) is 0 Å². The standard InChI is InChI=1S/C12H11ClNO/c1-2-3-11-8-12(14-15-11)9-4-6-10(13)7-5-9/h4-8H,1-3H2. The summed E-state index contributed by atoms with van der Waals surface area (Å²) in [7, 11) is 0. The molecule has 1 aromatic carbocycles. The third-order valence-electron chi connectivity index (χ3n) is 2.12. The zero-order valence-corrected chi connectivity index (χ0v) is 9.00. The quantitative estimate of drug-likeness (QED) is 0.787. The lowest BCUT2D eigenvalue weighted by atomic mass is 10.1. The van der Waals surface area contributed by atoms with Gasteiger partial charge < -0.3 is 4.52 Å². The first-order valence-electron chi connectivity index (χ1n) is 4.80. The average Bonchev–Trinajstić information content (AvgIpc) is 2.68. The Morgan fingerprint density at radius 2 is 2.00 bits per heavy atom. The molecule has 15 heavy (non-hydrogen) atoms. The van der Waals surface area contributed by atoms with Crippen molar-refractivity contribution in [1.29, 1.82) is 0 Å². The van der Waals surface area contributed by atoms with Gasteiger partial charge in [0, 0.05) is 23.1 Å². The zero-order valence-electron chi connectivity index (χ0n) is 8.24. The summed E-state index contributed by atoms with van der Waals surface area (Å²) >= 11 is 5.80. The summed E-state index contributed by atoms with van der Waals surface area (Å²) in [4.78, 5) is 0. The van der Waals surface area contributed by atoms with Gasteiger partial charge in [0.25, 0.3) is 0 Å². The van der Waals surface area contributed by atoms with E-state index in [2.05, 4.69) is 12.1 Å². The van der Waals surface area contributed by atoms with E-state index in [-0.39, 0.29) is 0 Å². The predicted octanol–water partition coefficient (Wildman–Crippen LogP) is 3.76. The highest BCUT2D eigenvalue weighted by molar-refractivity contribution is 6.30. The molecule has 77 valence electrons. The Morgan fingerprint density at radius 1 is 1.27 bits per heavy atom. The van der Waals surface area contributed by atoms with Crippen molar-refractivity contribution in [3.63, 3.8) is 0 Å². The molecule has 0 atom stereocenters. The predicted molar refractivity (Wildman–Crippen MR) is 60.6 cm³/mol. The molecule has 0 N–H and O–H groups in total. The number of hydrogen-bond acceptors (Lipinski definition) is 2. The third kappa shape index (κ3) is 2.39. The van der Waals surface area contributed by atoms with Gasteiger partial charge in [-0.15, -0.1) is 0 Å². The first-order valence-corrected chi connectivity index (χ1v) is 5.18. The van der Waals surface area contributed by atoms with Gasteiger partial charge >= 0.3 is 0 Å². The maximum Gasteiger partial charge on any atom is 0.137 e. The minimum absolute atomic E-state index is 0.722. The van der Waals surface area contributed by atoms with Crippen LogP contribution in [0.2, 0.25) is 5.02 Å². The second kappa shape index (κ2) is 4.49. The van der Waals surface area contributed by atoms with Crippen LogP contribution < -0.4 is 0 Å². The molecular formula is C12H11ClNO. The first kappa shape index (κ1) is 10.2. The molecule has 0 saturated heterocycles. The summed E-state index contributed by atoms with van der Waals surface area (Å²) in [5, 5.41) is 4.71. The Kier molecular flexibility index (Phi) is 3.07. The van der Waals surface area contributed by atoms with E-state index in [9.17, 15) is 0 Å². The van der Waals surface area contributed by atoms with E-state index in [0.717, 1.165) is 34.9 Å². The fourth-order valence-corrected chi connectivity index (χ4v) is 1.49. The van der Waals surface area contributed by atoms with Crippen LogP contribution in [0.4, 0.5) is 0 Å². The third-order valence-corrected chi connectivity index (χ3v) is 2.37. The molecule has 1 heterocycles. The second-order valence-corrected chi connectivity index (χ2v) is 3.73. The lowest BCUT2D eigenvalue weighted by molar-refractivity contribution is 0.386. The number of nitrogens with zero attached hydrogens (tertiary/aromatic N) is 1. The summed E-state index contributed by atoms with van der Waals surface area (Å²) < 4.78 is 5.17. The van der Waals surface area contributed by atoms with Crippen LogP contribution in [-0.4, -0.2) is 5.16 Å². The van der Waals surface area contributed by atoms with Crippen LogP contribution in [0.15, 0.2) is 34.9 Å². The van der Waals surface area contributed by atoms with Crippen molar-refractivity contribution in [2.24, 2.45) is 0 Å². The number of aryl methyl sites for hydroxylation is 1. The van der Waals surface area contributed by atoms with Gasteiger partial charge in [0.15, 0.2) is 0 Å².